The molecule has 5 rings (SSSR count). The molecule has 0 radical (unpaired) electrons. The fourth-order valence-corrected chi connectivity index (χ4v) is 9.11. The molecule has 0 saturated carbocycles. The molecule has 0 aliphatic carbocycles. The van der Waals surface area contributed by atoms with Crippen LogP contribution in [0.5, 0.6) is 5.75 Å². The Labute approximate surface area is 232 Å². The minimum absolute atomic E-state index is 0.162. The zero-order valence-electron chi connectivity index (χ0n) is 22.4. The molecule has 2 aromatic carbocycles. The molecule has 39 heavy (non-hydrogen) atoms. The van der Waals surface area contributed by atoms with Gasteiger partial charge in [-0.1, -0.05) is 30.7 Å². The molecule has 1 saturated heterocycles. The number of methoxy groups -OCH3 is 1. The number of nitrogens with zero attached hydrogens (tertiary/aromatic N) is 2. The number of rotatable bonds is 7. The van der Waals surface area contributed by atoms with Gasteiger partial charge in [-0.3, -0.25) is 14.2 Å². The zero-order valence-corrected chi connectivity index (χ0v) is 24.1. The second-order valence-corrected chi connectivity index (χ2v) is 15.0. The molecule has 0 unspecified atom stereocenters. The number of hydrogen-bond acceptors (Lipinski definition) is 5. The molecule has 2 aliphatic heterocycles. The highest BCUT2D eigenvalue weighted by Crippen LogP contribution is 2.60. The van der Waals surface area contributed by atoms with E-state index in [2.05, 4.69) is 0 Å². The number of carbonyl (C=O) groups excluding carboxylic acids is 1. The van der Waals surface area contributed by atoms with E-state index in [9.17, 15) is 14.7 Å². The van der Waals surface area contributed by atoms with Gasteiger partial charge in [-0.05, 0) is 67.5 Å². The average molecular weight is 571 g/mol. The highest BCUT2D eigenvalue weighted by Gasteiger charge is 2.66. The van der Waals surface area contributed by atoms with Gasteiger partial charge in [0.1, 0.15) is 0 Å². The lowest BCUT2D eigenvalue weighted by Crippen LogP contribution is -2.45. The minimum atomic E-state index is -3.28. The average Bonchev–Trinajstić information content (AvgIpc) is 3.31. The Morgan fingerprint density at radius 3 is 2.62 bits per heavy atom. The number of amides is 1. The molecule has 7 nitrogen and oxygen atoms in total. The van der Waals surface area contributed by atoms with Crippen LogP contribution >= 0.6 is 11.6 Å². The monoisotopic (exact) mass is 570 g/mol. The van der Waals surface area contributed by atoms with E-state index in [1.165, 1.54) is 11.7 Å². The lowest BCUT2D eigenvalue weighted by molar-refractivity contribution is -0.146. The predicted molar refractivity (Wildman–Crippen MR) is 151 cm³/mol. The molecule has 10 heteroatoms. The summed E-state index contributed by atoms with van der Waals surface area (Å²) in [5.41, 5.74) is 0.528. The molecule has 1 aromatic heterocycles. The minimum Gasteiger partial charge on any atom is -0.491 e. The summed E-state index contributed by atoms with van der Waals surface area (Å²) in [6.45, 7) is 5.18. The number of carbonyl (C=O) groups is 1. The Hall–Kier alpha value is -2.98. The van der Waals surface area contributed by atoms with Gasteiger partial charge in [0.2, 0.25) is 8.41 Å². The van der Waals surface area contributed by atoms with E-state index in [1.807, 2.05) is 31.2 Å². The van der Waals surface area contributed by atoms with Crippen molar-refractivity contribution >= 4 is 31.6 Å². The Bertz CT molecular complexity index is 1470. The normalized spacial score (nSPS) is 24.4. The molecule has 1 N–H and O–H groups in total. The van der Waals surface area contributed by atoms with Gasteiger partial charge in [0.05, 0.1) is 25.4 Å². The SMILES string of the molecule is COc1cccn(-c2cccc(CN3C(=O)[C@@]4(O[C@@H](CCO)[C@H]([Si](C)(C)F)[C@H]4C)c4cc(Cl)ccc43)c2)c1=O. The van der Waals surface area contributed by atoms with Crippen molar-refractivity contribution in [3.05, 3.63) is 87.3 Å². The first-order valence-corrected chi connectivity index (χ1v) is 16.3. The molecule has 206 valence electrons. The second kappa shape index (κ2) is 10.2. The quantitative estimate of drug-likeness (QED) is 0.312. The van der Waals surface area contributed by atoms with Crippen LogP contribution in [0.1, 0.15) is 24.5 Å². The number of halogens is 2. The highest BCUT2D eigenvalue weighted by molar-refractivity contribution is 6.72. The summed E-state index contributed by atoms with van der Waals surface area (Å²) in [5.74, 6) is -0.513. The van der Waals surface area contributed by atoms with Crippen molar-refractivity contribution in [2.75, 3.05) is 18.6 Å². The zero-order chi connectivity index (χ0) is 28.1. The van der Waals surface area contributed by atoms with Gasteiger partial charge < -0.3 is 23.6 Å². The first-order chi connectivity index (χ1) is 18.5. The van der Waals surface area contributed by atoms with Crippen LogP contribution in [0, 0.1) is 5.92 Å². The topological polar surface area (TPSA) is 81.0 Å². The third kappa shape index (κ3) is 4.51. The smallest absolute Gasteiger partial charge is 0.297 e. The number of ether oxygens (including phenoxy) is 2. The van der Waals surface area contributed by atoms with Crippen LogP contribution in [0.25, 0.3) is 5.69 Å². The summed E-state index contributed by atoms with van der Waals surface area (Å²) in [4.78, 5) is 28.8. The molecular formula is C29H32ClFN2O5Si. The lowest BCUT2D eigenvalue weighted by atomic mass is 9.82. The van der Waals surface area contributed by atoms with E-state index in [0.29, 0.717) is 22.0 Å². The molecular weight excluding hydrogens is 539 g/mol. The van der Waals surface area contributed by atoms with Crippen LogP contribution in [-0.2, 0) is 21.7 Å². The van der Waals surface area contributed by atoms with Crippen LogP contribution < -0.4 is 15.2 Å². The van der Waals surface area contributed by atoms with Crippen molar-refractivity contribution in [3.8, 4) is 11.4 Å². The molecule has 2 aliphatic rings. The Balaban J connectivity index is 1.56. The number of fused-ring (bicyclic) bond motifs is 2. The fraction of sp³-hybridized carbons (Fsp3) is 0.379. The number of anilines is 1. The number of aliphatic hydroxyl groups excluding tert-OH is 1. The van der Waals surface area contributed by atoms with Crippen LogP contribution in [0.15, 0.2) is 65.6 Å². The molecule has 1 spiro atoms. The van der Waals surface area contributed by atoms with Crippen LogP contribution in [0.4, 0.5) is 9.80 Å². The van der Waals surface area contributed by atoms with Crippen molar-refractivity contribution < 1.29 is 23.5 Å². The molecule has 0 bridgehead atoms. The molecule has 1 amide bonds. The van der Waals surface area contributed by atoms with Gasteiger partial charge in [-0.15, -0.1) is 0 Å². The van der Waals surface area contributed by atoms with Crippen molar-refractivity contribution in [2.24, 2.45) is 5.92 Å². The van der Waals surface area contributed by atoms with Gasteiger partial charge in [0.25, 0.3) is 11.5 Å². The van der Waals surface area contributed by atoms with E-state index >= 15 is 4.11 Å². The third-order valence-corrected chi connectivity index (χ3v) is 10.7. The molecule has 4 atom stereocenters. The lowest BCUT2D eigenvalue weighted by Gasteiger charge is -2.31. The Morgan fingerprint density at radius 1 is 1.15 bits per heavy atom. The first kappa shape index (κ1) is 27.6. The molecule has 3 heterocycles. The number of hydrogen-bond donors (Lipinski definition) is 1. The van der Waals surface area contributed by atoms with Crippen molar-refractivity contribution in [1.29, 1.82) is 0 Å². The van der Waals surface area contributed by atoms with E-state index in [-0.39, 0.29) is 36.8 Å². The van der Waals surface area contributed by atoms with E-state index < -0.39 is 31.6 Å². The summed E-state index contributed by atoms with van der Waals surface area (Å²) < 4.78 is 28.9. The maximum absolute atomic E-state index is 15.7. The van der Waals surface area contributed by atoms with Crippen LogP contribution in [-0.4, -0.2) is 43.8 Å². The molecule has 3 aromatic rings. The van der Waals surface area contributed by atoms with Crippen molar-refractivity contribution in [2.45, 2.75) is 50.2 Å². The van der Waals surface area contributed by atoms with Crippen LogP contribution in [0.3, 0.4) is 0 Å². The van der Waals surface area contributed by atoms with Crippen LogP contribution in [0.2, 0.25) is 23.7 Å². The second-order valence-electron chi connectivity index (χ2n) is 10.8. The van der Waals surface area contributed by atoms with Crippen molar-refractivity contribution in [1.82, 2.24) is 4.57 Å². The molecule has 1 fully saturated rings. The summed E-state index contributed by atoms with van der Waals surface area (Å²) in [6, 6.07) is 16.0. The maximum Gasteiger partial charge on any atom is 0.297 e. The predicted octanol–water partition coefficient (Wildman–Crippen LogP) is 5.20. The fourth-order valence-electron chi connectivity index (χ4n) is 6.39. The largest absolute Gasteiger partial charge is 0.491 e. The summed E-state index contributed by atoms with van der Waals surface area (Å²) in [6.07, 6.45) is 1.32. The van der Waals surface area contributed by atoms with Gasteiger partial charge in [0.15, 0.2) is 11.4 Å². The number of pyridine rings is 1. The number of aliphatic hydroxyl groups is 1. The summed E-state index contributed by atoms with van der Waals surface area (Å²) in [5, 5.41) is 10.2. The van der Waals surface area contributed by atoms with E-state index in [0.717, 1.165) is 5.56 Å². The van der Waals surface area contributed by atoms with Gasteiger partial charge in [0, 0.05) is 40.5 Å². The van der Waals surface area contributed by atoms with E-state index in [1.54, 1.807) is 54.5 Å². The maximum atomic E-state index is 15.7. The van der Waals surface area contributed by atoms with Gasteiger partial charge >= 0.3 is 0 Å². The van der Waals surface area contributed by atoms with Crippen molar-refractivity contribution in [3.63, 3.8) is 0 Å². The van der Waals surface area contributed by atoms with Gasteiger partial charge in [-0.2, -0.15) is 0 Å². The Morgan fingerprint density at radius 2 is 1.92 bits per heavy atom. The first-order valence-electron chi connectivity index (χ1n) is 13.0. The standard InChI is InChI=1S/C29H32ClFN2O5Si/c1-18-26(39(3,4)31)24(12-14-34)38-29(18)22-16-20(30)10-11-23(22)33(28(29)36)17-19-7-5-8-21(15-19)32-13-6-9-25(37-2)27(32)35/h5-11,13,15-16,18,24,26,34H,12,14,17H2,1-4H3/t18-,24+,26-,29+/m1/s1. The van der Waals surface area contributed by atoms with E-state index in [4.69, 9.17) is 21.1 Å². The third-order valence-electron chi connectivity index (χ3n) is 8.00. The van der Waals surface area contributed by atoms with Gasteiger partial charge in [-0.25, -0.2) is 0 Å². The number of aromatic nitrogens is 1. The Kier molecular flexibility index (Phi) is 7.22. The summed E-state index contributed by atoms with van der Waals surface area (Å²) >= 11 is 6.41. The summed E-state index contributed by atoms with van der Waals surface area (Å²) in [7, 11) is -1.83. The highest BCUT2D eigenvalue weighted by atomic mass is 35.5. The number of benzene rings is 2.